The maximum atomic E-state index is 12.4. The zero-order chi connectivity index (χ0) is 24.9. The number of rotatable bonds is 5. The molecular formula is C28H24N8O. The summed E-state index contributed by atoms with van der Waals surface area (Å²) in [5, 5.41) is 12.7. The Kier molecular flexibility index (Phi) is 4.88. The van der Waals surface area contributed by atoms with Gasteiger partial charge < -0.3 is 14.9 Å². The normalized spacial score (nSPS) is 13.8. The van der Waals surface area contributed by atoms with Crippen LogP contribution in [0, 0.1) is 12.8 Å². The van der Waals surface area contributed by atoms with Gasteiger partial charge in [0.25, 0.3) is 0 Å². The maximum Gasteiger partial charge on any atom is 0.227 e. The lowest BCUT2D eigenvalue weighted by atomic mass is 9.85. The third-order valence-electron chi connectivity index (χ3n) is 7.11. The summed E-state index contributed by atoms with van der Waals surface area (Å²) >= 11 is 0. The molecule has 1 aromatic carbocycles. The topological polar surface area (TPSA) is 117 Å². The summed E-state index contributed by atoms with van der Waals surface area (Å²) in [6.45, 7) is 1.98. The number of imidazole rings is 1. The number of fused-ring (bicyclic) bond motifs is 2. The van der Waals surface area contributed by atoms with E-state index in [9.17, 15) is 4.79 Å². The summed E-state index contributed by atoms with van der Waals surface area (Å²) in [7, 11) is 0. The molecule has 1 aliphatic carbocycles. The highest BCUT2D eigenvalue weighted by Crippen LogP contribution is 2.33. The number of benzene rings is 1. The number of aryl methyl sites for hydroxylation is 1. The standard InChI is InChI=1S/C28H24N8O/c1-16-14-36(15-31-16)26-7-3-6-22-20(26)9-24(33-22)27-21-10-23(30-13-25(21)34-35-27)18-8-19(12-29-11-18)32-28(37)17-4-2-5-17/h3,6-15,17,33H,2,4-5H2,1H3,(H,32,37)(H,34,35). The van der Waals surface area contributed by atoms with Gasteiger partial charge in [-0.25, -0.2) is 4.98 Å². The Labute approximate surface area is 212 Å². The quantitative estimate of drug-likeness (QED) is 0.300. The number of H-pyrrole nitrogens is 2. The number of hydrogen-bond donors (Lipinski definition) is 3. The first-order valence-electron chi connectivity index (χ1n) is 12.4. The van der Waals surface area contributed by atoms with E-state index >= 15 is 0 Å². The average molecular weight is 489 g/mol. The van der Waals surface area contributed by atoms with E-state index in [-0.39, 0.29) is 11.8 Å². The molecule has 1 amide bonds. The molecule has 0 spiro atoms. The van der Waals surface area contributed by atoms with Crippen molar-refractivity contribution in [2.24, 2.45) is 5.92 Å². The van der Waals surface area contributed by atoms with Crippen molar-refractivity contribution in [3.63, 3.8) is 0 Å². The molecule has 1 aliphatic rings. The molecule has 0 saturated heterocycles. The fraction of sp³-hybridized carbons (Fsp3) is 0.179. The Hall–Kier alpha value is -4.79. The van der Waals surface area contributed by atoms with Crippen LogP contribution in [0.15, 0.2) is 67.5 Å². The molecule has 3 N–H and O–H groups in total. The summed E-state index contributed by atoms with van der Waals surface area (Å²) in [6.07, 6.45) is 12.1. The number of amides is 1. The van der Waals surface area contributed by atoms with E-state index in [0.717, 1.165) is 75.1 Å². The van der Waals surface area contributed by atoms with Crippen molar-refractivity contribution < 1.29 is 4.79 Å². The van der Waals surface area contributed by atoms with Crippen LogP contribution in [-0.4, -0.2) is 40.6 Å². The van der Waals surface area contributed by atoms with E-state index in [4.69, 9.17) is 0 Å². The van der Waals surface area contributed by atoms with Crippen molar-refractivity contribution in [3.05, 3.63) is 73.2 Å². The van der Waals surface area contributed by atoms with Crippen molar-refractivity contribution in [1.82, 2.24) is 34.7 Å². The molecule has 0 bridgehead atoms. The van der Waals surface area contributed by atoms with Crippen molar-refractivity contribution in [1.29, 1.82) is 0 Å². The third-order valence-corrected chi connectivity index (χ3v) is 7.11. The lowest BCUT2D eigenvalue weighted by Crippen LogP contribution is -2.28. The van der Waals surface area contributed by atoms with Crippen LogP contribution in [0.2, 0.25) is 0 Å². The number of carbonyl (C=O) groups is 1. The van der Waals surface area contributed by atoms with Crippen LogP contribution >= 0.6 is 0 Å². The predicted octanol–water partition coefficient (Wildman–Crippen LogP) is 5.40. The van der Waals surface area contributed by atoms with Crippen molar-refractivity contribution in [3.8, 4) is 28.3 Å². The van der Waals surface area contributed by atoms with Gasteiger partial charge in [-0.05, 0) is 50.1 Å². The van der Waals surface area contributed by atoms with Gasteiger partial charge in [0.15, 0.2) is 0 Å². The summed E-state index contributed by atoms with van der Waals surface area (Å²) < 4.78 is 2.03. The molecule has 9 heteroatoms. The number of nitrogens with one attached hydrogen (secondary N) is 3. The van der Waals surface area contributed by atoms with Crippen molar-refractivity contribution in [2.45, 2.75) is 26.2 Å². The first-order valence-corrected chi connectivity index (χ1v) is 12.4. The van der Waals surface area contributed by atoms with Gasteiger partial charge in [0, 0.05) is 40.2 Å². The Balaban J connectivity index is 1.26. The smallest absolute Gasteiger partial charge is 0.227 e. The molecule has 0 unspecified atom stereocenters. The molecule has 1 saturated carbocycles. The molecule has 5 heterocycles. The first-order chi connectivity index (χ1) is 18.1. The summed E-state index contributed by atoms with van der Waals surface area (Å²) in [5.74, 6) is 0.177. The monoisotopic (exact) mass is 488 g/mol. The van der Waals surface area contributed by atoms with E-state index in [1.807, 2.05) is 42.2 Å². The highest BCUT2D eigenvalue weighted by Gasteiger charge is 2.25. The number of pyridine rings is 2. The van der Waals surface area contributed by atoms with Crippen molar-refractivity contribution >= 4 is 33.4 Å². The Morgan fingerprint density at radius 2 is 1.97 bits per heavy atom. The van der Waals surface area contributed by atoms with Crippen LogP contribution in [0.3, 0.4) is 0 Å². The molecule has 7 rings (SSSR count). The van der Waals surface area contributed by atoms with Gasteiger partial charge in [-0.3, -0.25) is 19.9 Å². The van der Waals surface area contributed by atoms with Gasteiger partial charge in [-0.1, -0.05) is 12.5 Å². The molecule has 9 nitrogen and oxygen atoms in total. The molecule has 0 radical (unpaired) electrons. The average Bonchev–Trinajstić information content (AvgIpc) is 3.60. The number of nitrogens with zero attached hydrogens (tertiary/aromatic N) is 5. The fourth-order valence-electron chi connectivity index (χ4n) is 4.89. The molecule has 182 valence electrons. The molecule has 0 aliphatic heterocycles. The largest absolute Gasteiger partial charge is 0.353 e. The molecule has 1 fully saturated rings. The zero-order valence-corrected chi connectivity index (χ0v) is 20.2. The first kappa shape index (κ1) is 21.5. The minimum absolute atomic E-state index is 0.0646. The number of aromatic nitrogens is 7. The molecule has 37 heavy (non-hydrogen) atoms. The zero-order valence-electron chi connectivity index (χ0n) is 20.2. The van der Waals surface area contributed by atoms with Crippen LogP contribution < -0.4 is 5.32 Å². The van der Waals surface area contributed by atoms with Gasteiger partial charge >= 0.3 is 0 Å². The van der Waals surface area contributed by atoms with Gasteiger partial charge in [0.05, 0.1) is 52.7 Å². The highest BCUT2D eigenvalue weighted by molar-refractivity contribution is 5.99. The number of hydrogen-bond acceptors (Lipinski definition) is 5. The highest BCUT2D eigenvalue weighted by atomic mass is 16.1. The van der Waals surface area contributed by atoms with Crippen molar-refractivity contribution in [2.75, 3.05) is 5.32 Å². The summed E-state index contributed by atoms with van der Waals surface area (Å²) in [6, 6.07) is 12.2. The van der Waals surface area contributed by atoms with Gasteiger partial charge in [-0.15, -0.1) is 0 Å². The maximum absolute atomic E-state index is 12.4. The Morgan fingerprint density at radius 3 is 2.78 bits per heavy atom. The summed E-state index contributed by atoms with van der Waals surface area (Å²) in [5.41, 5.74) is 7.85. The minimum Gasteiger partial charge on any atom is -0.353 e. The van der Waals surface area contributed by atoms with E-state index in [1.54, 1.807) is 18.6 Å². The van der Waals surface area contributed by atoms with E-state index in [0.29, 0.717) is 5.69 Å². The second-order valence-electron chi connectivity index (χ2n) is 9.61. The second kappa shape index (κ2) is 8.41. The SMILES string of the molecule is Cc1cn(-c2cccc3[nH]c(-c4n[nH]c5cnc(-c6cncc(NC(=O)C7CCC7)c6)cc45)cc23)cn1. The third kappa shape index (κ3) is 3.76. The molecule has 6 aromatic rings. The van der Waals surface area contributed by atoms with Crippen LogP contribution in [-0.2, 0) is 4.79 Å². The summed E-state index contributed by atoms with van der Waals surface area (Å²) in [4.78, 5) is 29.3. The van der Waals surface area contributed by atoms with Crippen LogP contribution in [0.4, 0.5) is 5.69 Å². The van der Waals surface area contributed by atoms with E-state index < -0.39 is 0 Å². The fourth-order valence-corrected chi connectivity index (χ4v) is 4.89. The van der Waals surface area contributed by atoms with Gasteiger partial charge in [0.2, 0.25) is 5.91 Å². The second-order valence-corrected chi connectivity index (χ2v) is 9.61. The Bertz CT molecular complexity index is 1790. The molecule has 5 aromatic heterocycles. The van der Waals surface area contributed by atoms with E-state index in [2.05, 4.69) is 53.6 Å². The van der Waals surface area contributed by atoms with Crippen LogP contribution in [0.5, 0.6) is 0 Å². The lowest BCUT2D eigenvalue weighted by molar-refractivity contribution is -0.122. The minimum atomic E-state index is 0.0646. The van der Waals surface area contributed by atoms with Gasteiger partial charge in [-0.2, -0.15) is 5.10 Å². The van der Waals surface area contributed by atoms with E-state index in [1.165, 1.54) is 0 Å². The molecular weight excluding hydrogens is 464 g/mol. The predicted molar refractivity (Wildman–Crippen MR) is 142 cm³/mol. The molecule has 0 atom stereocenters. The number of carbonyl (C=O) groups excluding carboxylic acids is 1. The van der Waals surface area contributed by atoms with Crippen LogP contribution in [0.25, 0.3) is 50.1 Å². The lowest BCUT2D eigenvalue weighted by Gasteiger charge is -2.24. The number of anilines is 1. The number of aromatic amines is 2. The van der Waals surface area contributed by atoms with Gasteiger partial charge in [0.1, 0.15) is 5.69 Å². The Morgan fingerprint density at radius 1 is 1.05 bits per heavy atom. The van der Waals surface area contributed by atoms with Crippen LogP contribution in [0.1, 0.15) is 25.0 Å².